The summed E-state index contributed by atoms with van der Waals surface area (Å²) in [6, 6.07) is 9.38. The van der Waals surface area contributed by atoms with Crippen LogP contribution in [0.4, 0.5) is 0 Å². The van der Waals surface area contributed by atoms with Crippen LogP contribution in [0, 0.1) is 0 Å². The van der Waals surface area contributed by atoms with Gasteiger partial charge in [0, 0.05) is 50.7 Å². The Balaban J connectivity index is 1.69. The monoisotopic (exact) mass is 300 g/mol. The molecule has 3 rings (SSSR count). The van der Waals surface area contributed by atoms with Gasteiger partial charge in [-0.2, -0.15) is 5.10 Å². The van der Waals surface area contributed by atoms with Crippen LogP contribution >= 0.6 is 0 Å². The Kier molecular flexibility index (Phi) is 4.50. The summed E-state index contributed by atoms with van der Waals surface area (Å²) >= 11 is 0. The van der Waals surface area contributed by atoms with Crippen molar-refractivity contribution >= 4 is 5.91 Å². The smallest absolute Gasteiger partial charge is 0.254 e. The molecule has 0 radical (unpaired) electrons. The second-order valence-corrected chi connectivity index (χ2v) is 5.36. The van der Waals surface area contributed by atoms with Crippen LogP contribution in [0.25, 0.3) is 5.69 Å². The zero-order valence-electron chi connectivity index (χ0n) is 12.4. The van der Waals surface area contributed by atoms with Crippen molar-refractivity contribution in [3.8, 4) is 5.69 Å². The van der Waals surface area contributed by atoms with Crippen molar-refractivity contribution in [3.05, 3.63) is 48.3 Å². The number of benzene rings is 1. The molecule has 2 aromatic rings. The lowest BCUT2D eigenvalue weighted by atomic mass is 10.1. The van der Waals surface area contributed by atoms with E-state index in [2.05, 4.69) is 10.00 Å². The van der Waals surface area contributed by atoms with Gasteiger partial charge in [0.25, 0.3) is 5.91 Å². The van der Waals surface area contributed by atoms with E-state index in [1.54, 1.807) is 10.9 Å². The highest BCUT2D eigenvalue weighted by Gasteiger charge is 2.21. The number of piperazine rings is 1. The summed E-state index contributed by atoms with van der Waals surface area (Å²) in [5.41, 5.74) is 1.57. The zero-order valence-corrected chi connectivity index (χ0v) is 12.4. The molecular formula is C16H20N4O2. The van der Waals surface area contributed by atoms with E-state index in [-0.39, 0.29) is 12.5 Å². The van der Waals surface area contributed by atoms with E-state index in [4.69, 9.17) is 5.11 Å². The summed E-state index contributed by atoms with van der Waals surface area (Å²) in [5, 5.41) is 13.2. The van der Waals surface area contributed by atoms with Gasteiger partial charge in [0.1, 0.15) is 0 Å². The van der Waals surface area contributed by atoms with Gasteiger partial charge in [0.15, 0.2) is 0 Å². The van der Waals surface area contributed by atoms with E-state index in [1.807, 2.05) is 41.4 Å². The van der Waals surface area contributed by atoms with Gasteiger partial charge in [-0.25, -0.2) is 4.68 Å². The topological polar surface area (TPSA) is 61.6 Å². The number of carbonyl (C=O) groups is 1. The highest BCUT2D eigenvalue weighted by molar-refractivity contribution is 5.94. The first-order chi connectivity index (χ1) is 10.8. The summed E-state index contributed by atoms with van der Waals surface area (Å²) in [6.07, 6.45) is 3.58. The van der Waals surface area contributed by atoms with Crippen LogP contribution in [-0.4, -0.2) is 69.9 Å². The Morgan fingerprint density at radius 1 is 1.18 bits per heavy atom. The molecule has 0 spiro atoms. The Morgan fingerprint density at radius 3 is 2.68 bits per heavy atom. The number of hydrogen-bond acceptors (Lipinski definition) is 4. The average Bonchev–Trinajstić information content (AvgIpc) is 3.10. The van der Waals surface area contributed by atoms with Gasteiger partial charge in [0.05, 0.1) is 12.3 Å². The third-order valence-corrected chi connectivity index (χ3v) is 3.94. The summed E-state index contributed by atoms with van der Waals surface area (Å²) < 4.78 is 1.75. The number of β-amino-alcohol motifs (C(OH)–C–C–N with tert-alkyl or cyclic N) is 1. The van der Waals surface area contributed by atoms with Crippen molar-refractivity contribution < 1.29 is 9.90 Å². The van der Waals surface area contributed by atoms with E-state index < -0.39 is 0 Å². The quantitative estimate of drug-likeness (QED) is 0.899. The third-order valence-electron chi connectivity index (χ3n) is 3.94. The Labute approximate surface area is 129 Å². The van der Waals surface area contributed by atoms with Gasteiger partial charge in [-0.05, 0) is 24.3 Å². The van der Waals surface area contributed by atoms with Crippen LogP contribution in [0.5, 0.6) is 0 Å². The fraction of sp³-hybridized carbons (Fsp3) is 0.375. The maximum Gasteiger partial charge on any atom is 0.254 e. The number of hydrogen-bond donors (Lipinski definition) is 1. The summed E-state index contributed by atoms with van der Waals surface area (Å²) in [7, 11) is 0. The molecule has 0 saturated carbocycles. The third kappa shape index (κ3) is 3.18. The maximum absolute atomic E-state index is 12.6. The number of amides is 1. The van der Waals surface area contributed by atoms with Crippen molar-refractivity contribution in [2.24, 2.45) is 0 Å². The molecule has 1 aromatic carbocycles. The van der Waals surface area contributed by atoms with Crippen LogP contribution in [0.2, 0.25) is 0 Å². The number of aliphatic hydroxyl groups is 1. The molecule has 0 atom stereocenters. The first kappa shape index (κ1) is 14.7. The molecular weight excluding hydrogens is 280 g/mol. The van der Waals surface area contributed by atoms with Crippen LogP contribution < -0.4 is 0 Å². The van der Waals surface area contributed by atoms with E-state index in [1.165, 1.54) is 0 Å². The second kappa shape index (κ2) is 6.72. The molecule has 1 aliphatic rings. The van der Waals surface area contributed by atoms with Gasteiger partial charge in [-0.3, -0.25) is 9.69 Å². The lowest BCUT2D eigenvalue weighted by Gasteiger charge is -2.34. The molecule has 1 fully saturated rings. The Morgan fingerprint density at radius 2 is 2.00 bits per heavy atom. The van der Waals surface area contributed by atoms with Crippen molar-refractivity contribution in [1.29, 1.82) is 0 Å². The molecule has 1 aliphatic heterocycles. The molecule has 2 heterocycles. The number of rotatable bonds is 4. The van der Waals surface area contributed by atoms with Gasteiger partial charge < -0.3 is 10.0 Å². The molecule has 0 unspecified atom stereocenters. The van der Waals surface area contributed by atoms with Crippen LogP contribution in [0.3, 0.4) is 0 Å². The van der Waals surface area contributed by atoms with E-state index >= 15 is 0 Å². The van der Waals surface area contributed by atoms with Crippen LogP contribution in [0.1, 0.15) is 10.4 Å². The van der Waals surface area contributed by atoms with Crippen LogP contribution in [0.15, 0.2) is 42.7 Å². The molecule has 116 valence electrons. The standard InChI is InChI=1S/C16H20N4O2/c21-12-11-18-7-9-19(10-8-18)16(22)14-3-1-4-15(13-14)20-6-2-5-17-20/h1-6,13,21H,7-12H2. The lowest BCUT2D eigenvalue weighted by Crippen LogP contribution is -2.49. The predicted octanol–water partition coefficient (Wildman–Crippen LogP) is 0.622. The number of carbonyl (C=O) groups excluding carboxylic acids is 1. The number of aromatic nitrogens is 2. The molecule has 22 heavy (non-hydrogen) atoms. The molecule has 1 aromatic heterocycles. The first-order valence-corrected chi connectivity index (χ1v) is 7.50. The molecule has 0 bridgehead atoms. The minimum atomic E-state index is 0.0534. The summed E-state index contributed by atoms with van der Waals surface area (Å²) in [6.45, 7) is 3.86. The van der Waals surface area contributed by atoms with Crippen molar-refractivity contribution in [2.75, 3.05) is 39.3 Å². The molecule has 1 saturated heterocycles. The average molecular weight is 300 g/mol. The minimum Gasteiger partial charge on any atom is -0.395 e. The highest BCUT2D eigenvalue weighted by atomic mass is 16.3. The Hall–Kier alpha value is -2.18. The molecule has 1 amide bonds. The fourth-order valence-electron chi connectivity index (χ4n) is 2.70. The lowest BCUT2D eigenvalue weighted by molar-refractivity contribution is 0.0615. The second-order valence-electron chi connectivity index (χ2n) is 5.36. The largest absolute Gasteiger partial charge is 0.395 e. The van der Waals surface area contributed by atoms with Gasteiger partial charge >= 0.3 is 0 Å². The van der Waals surface area contributed by atoms with E-state index in [9.17, 15) is 4.79 Å². The minimum absolute atomic E-state index is 0.0534. The summed E-state index contributed by atoms with van der Waals surface area (Å²) in [5.74, 6) is 0.0534. The summed E-state index contributed by atoms with van der Waals surface area (Å²) in [4.78, 5) is 16.7. The zero-order chi connectivity index (χ0) is 15.4. The van der Waals surface area contributed by atoms with E-state index in [0.29, 0.717) is 25.2 Å². The van der Waals surface area contributed by atoms with Gasteiger partial charge in [0.2, 0.25) is 0 Å². The fourth-order valence-corrected chi connectivity index (χ4v) is 2.70. The van der Waals surface area contributed by atoms with E-state index in [0.717, 1.165) is 18.8 Å². The maximum atomic E-state index is 12.6. The van der Waals surface area contributed by atoms with Crippen molar-refractivity contribution in [1.82, 2.24) is 19.6 Å². The first-order valence-electron chi connectivity index (χ1n) is 7.50. The predicted molar refractivity (Wildman–Crippen MR) is 83.0 cm³/mol. The number of nitrogens with zero attached hydrogens (tertiary/aromatic N) is 4. The molecule has 1 N–H and O–H groups in total. The highest BCUT2D eigenvalue weighted by Crippen LogP contribution is 2.13. The SMILES string of the molecule is O=C(c1cccc(-n2cccn2)c1)N1CCN(CCO)CC1. The molecule has 6 heteroatoms. The molecule has 0 aliphatic carbocycles. The van der Waals surface area contributed by atoms with Crippen LogP contribution in [-0.2, 0) is 0 Å². The van der Waals surface area contributed by atoms with Crippen molar-refractivity contribution in [3.63, 3.8) is 0 Å². The number of aliphatic hydroxyl groups excluding tert-OH is 1. The van der Waals surface area contributed by atoms with Gasteiger partial charge in [-0.15, -0.1) is 0 Å². The van der Waals surface area contributed by atoms with Crippen molar-refractivity contribution in [2.45, 2.75) is 0 Å². The molecule has 6 nitrogen and oxygen atoms in total. The Bertz CT molecular complexity index is 619. The normalized spacial score (nSPS) is 16.0. The van der Waals surface area contributed by atoms with Gasteiger partial charge in [-0.1, -0.05) is 6.07 Å².